The molecule has 0 fully saturated rings. The Bertz CT molecular complexity index is 576. The van der Waals surface area contributed by atoms with Gasteiger partial charge in [-0.3, -0.25) is 0 Å². The van der Waals surface area contributed by atoms with E-state index in [9.17, 15) is 0 Å². The Morgan fingerprint density at radius 3 is 2.38 bits per heavy atom. The van der Waals surface area contributed by atoms with Crippen LogP contribution >= 0.6 is 0 Å². The third kappa shape index (κ3) is 4.15. The molecule has 0 amide bonds. The SMILES string of the molecule is COc1cccc(CNc2ccc(C)cc2)c1OC(C)C. The Hall–Kier alpha value is -2.16. The summed E-state index contributed by atoms with van der Waals surface area (Å²) in [4.78, 5) is 0. The molecule has 0 aliphatic heterocycles. The molecule has 2 aromatic rings. The molecule has 0 atom stereocenters. The lowest BCUT2D eigenvalue weighted by molar-refractivity contribution is 0.228. The van der Waals surface area contributed by atoms with Crippen molar-refractivity contribution in [3.63, 3.8) is 0 Å². The molecule has 0 bridgehead atoms. The average molecular weight is 285 g/mol. The van der Waals surface area contributed by atoms with Crippen LogP contribution in [-0.4, -0.2) is 13.2 Å². The lowest BCUT2D eigenvalue weighted by Crippen LogP contribution is -2.10. The van der Waals surface area contributed by atoms with E-state index < -0.39 is 0 Å². The molecule has 112 valence electrons. The van der Waals surface area contributed by atoms with Crippen molar-refractivity contribution in [2.24, 2.45) is 0 Å². The Kier molecular flexibility index (Phi) is 5.09. The van der Waals surface area contributed by atoms with Gasteiger partial charge in [0.15, 0.2) is 11.5 Å². The summed E-state index contributed by atoms with van der Waals surface area (Å²) in [5, 5.41) is 3.42. The van der Waals surface area contributed by atoms with Crippen molar-refractivity contribution < 1.29 is 9.47 Å². The second kappa shape index (κ2) is 7.02. The van der Waals surface area contributed by atoms with Gasteiger partial charge in [0.2, 0.25) is 0 Å². The van der Waals surface area contributed by atoms with Crippen molar-refractivity contribution in [2.75, 3.05) is 12.4 Å². The van der Waals surface area contributed by atoms with E-state index in [1.54, 1.807) is 7.11 Å². The van der Waals surface area contributed by atoms with Crippen LogP contribution in [0.15, 0.2) is 42.5 Å². The topological polar surface area (TPSA) is 30.5 Å². The Morgan fingerprint density at radius 2 is 1.76 bits per heavy atom. The summed E-state index contributed by atoms with van der Waals surface area (Å²) < 4.78 is 11.3. The zero-order valence-corrected chi connectivity index (χ0v) is 13.1. The summed E-state index contributed by atoms with van der Waals surface area (Å²) in [6.07, 6.45) is 0.111. The van der Waals surface area contributed by atoms with Crippen LogP contribution in [0.3, 0.4) is 0 Å². The number of hydrogen-bond acceptors (Lipinski definition) is 3. The molecule has 21 heavy (non-hydrogen) atoms. The largest absolute Gasteiger partial charge is 0.493 e. The lowest BCUT2D eigenvalue weighted by Gasteiger charge is -2.18. The minimum absolute atomic E-state index is 0.111. The van der Waals surface area contributed by atoms with Gasteiger partial charge < -0.3 is 14.8 Å². The molecule has 0 saturated carbocycles. The van der Waals surface area contributed by atoms with E-state index in [0.717, 1.165) is 22.7 Å². The quantitative estimate of drug-likeness (QED) is 0.853. The van der Waals surface area contributed by atoms with Crippen molar-refractivity contribution in [2.45, 2.75) is 33.4 Å². The van der Waals surface area contributed by atoms with Gasteiger partial charge in [-0.1, -0.05) is 29.8 Å². The maximum Gasteiger partial charge on any atom is 0.166 e. The molecule has 0 spiro atoms. The van der Waals surface area contributed by atoms with Gasteiger partial charge in [-0.15, -0.1) is 0 Å². The number of hydrogen-bond donors (Lipinski definition) is 1. The summed E-state index contributed by atoms with van der Waals surface area (Å²) in [5.41, 5.74) is 3.44. The second-order valence-corrected chi connectivity index (χ2v) is 5.33. The number of methoxy groups -OCH3 is 1. The maximum atomic E-state index is 5.91. The van der Waals surface area contributed by atoms with Gasteiger partial charge in [0.1, 0.15) is 0 Å². The van der Waals surface area contributed by atoms with Crippen LogP contribution < -0.4 is 14.8 Å². The van der Waals surface area contributed by atoms with E-state index in [4.69, 9.17) is 9.47 Å². The van der Waals surface area contributed by atoms with Gasteiger partial charge in [0.05, 0.1) is 13.2 Å². The number of nitrogens with one attached hydrogen (secondary N) is 1. The van der Waals surface area contributed by atoms with Crippen LogP contribution in [0.25, 0.3) is 0 Å². The van der Waals surface area contributed by atoms with Gasteiger partial charge in [-0.25, -0.2) is 0 Å². The predicted octanol–water partition coefficient (Wildman–Crippen LogP) is 4.40. The first kappa shape index (κ1) is 15.2. The van der Waals surface area contributed by atoms with Gasteiger partial charge in [0.25, 0.3) is 0 Å². The first-order chi connectivity index (χ1) is 10.1. The molecule has 1 N–H and O–H groups in total. The number of benzene rings is 2. The van der Waals surface area contributed by atoms with Gasteiger partial charge in [0, 0.05) is 17.8 Å². The number of aryl methyl sites for hydroxylation is 1. The van der Waals surface area contributed by atoms with E-state index in [-0.39, 0.29) is 6.10 Å². The zero-order chi connectivity index (χ0) is 15.2. The lowest BCUT2D eigenvalue weighted by atomic mass is 10.1. The number of rotatable bonds is 6. The highest BCUT2D eigenvalue weighted by molar-refractivity contribution is 5.50. The van der Waals surface area contributed by atoms with E-state index in [0.29, 0.717) is 6.54 Å². The number of ether oxygens (including phenoxy) is 2. The highest BCUT2D eigenvalue weighted by Crippen LogP contribution is 2.32. The smallest absolute Gasteiger partial charge is 0.166 e. The third-order valence-electron chi connectivity index (χ3n) is 3.17. The highest BCUT2D eigenvalue weighted by atomic mass is 16.5. The fourth-order valence-corrected chi connectivity index (χ4v) is 2.10. The molecule has 0 unspecified atom stereocenters. The molecular formula is C18H23NO2. The first-order valence-electron chi connectivity index (χ1n) is 7.23. The van der Waals surface area contributed by atoms with E-state index in [2.05, 4.69) is 42.6 Å². The normalized spacial score (nSPS) is 10.5. The molecule has 3 heteroatoms. The van der Waals surface area contributed by atoms with E-state index in [1.165, 1.54) is 5.56 Å². The summed E-state index contributed by atoms with van der Waals surface area (Å²) in [5.74, 6) is 1.58. The van der Waals surface area contributed by atoms with Gasteiger partial charge >= 0.3 is 0 Å². The Labute approximate surface area is 126 Å². The molecule has 0 aromatic heterocycles. The Morgan fingerprint density at radius 1 is 1.05 bits per heavy atom. The van der Waals surface area contributed by atoms with Crippen LogP contribution in [0.5, 0.6) is 11.5 Å². The molecule has 0 aliphatic carbocycles. The van der Waals surface area contributed by atoms with Crippen molar-refractivity contribution >= 4 is 5.69 Å². The first-order valence-corrected chi connectivity index (χ1v) is 7.23. The van der Waals surface area contributed by atoms with Crippen LogP contribution in [0.1, 0.15) is 25.0 Å². The minimum atomic E-state index is 0.111. The minimum Gasteiger partial charge on any atom is -0.493 e. The summed E-state index contributed by atoms with van der Waals surface area (Å²) in [6.45, 7) is 6.82. The molecule has 3 nitrogen and oxygen atoms in total. The predicted molar refractivity (Wildman–Crippen MR) is 87.3 cm³/mol. The van der Waals surface area contributed by atoms with Crippen molar-refractivity contribution in [1.29, 1.82) is 0 Å². The average Bonchev–Trinajstić information content (AvgIpc) is 2.47. The molecule has 0 radical (unpaired) electrons. The maximum absolute atomic E-state index is 5.91. The fraction of sp³-hybridized carbons (Fsp3) is 0.333. The van der Waals surface area contributed by atoms with E-state index in [1.807, 2.05) is 26.0 Å². The third-order valence-corrected chi connectivity index (χ3v) is 3.17. The van der Waals surface area contributed by atoms with Gasteiger partial charge in [-0.05, 0) is 39.0 Å². The highest BCUT2D eigenvalue weighted by Gasteiger charge is 2.11. The second-order valence-electron chi connectivity index (χ2n) is 5.33. The fourth-order valence-electron chi connectivity index (χ4n) is 2.10. The van der Waals surface area contributed by atoms with Crippen molar-refractivity contribution in [3.05, 3.63) is 53.6 Å². The summed E-state index contributed by atoms with van der Waals surface area (Å²) in [7, 11) is 1.67. The van der Waals surface area contributed by atoms with Crippen LogP contribution in [0.2, 0.25) is 0 Å². The standard InChI is InChI=1S/C18H23NO2/c1-13(2)21-18-15(6-5-7-17(18)20-4)12-19-16-10-8-14(3)9-11-16/h5-11,13,19H,12H2,1-4H3. The molecule has 2 aromatic carbocycles. The van der Waals surface area contributed by atoms with Crippen molar-refractivity contribution in [3.8, 4) is 11.5 Å². The van der Waals surface area contributed by atoms with Crippen LogP contribution in [0.4, 0.5) is 5.69 Å². The van der Waals surface area contributed by atoms with E-state index >= 15 is 0 Å². The number of anilines is 1. The van der Waals surface area contributed by atoms with Crippen LogP contribution in [-0.2, 0) is 6.54 Å². The molecule has 0 heterocycles. The van der Waals surface area contributed by atoms with Crippen molar-refractivity contribution in [1.82, 2.24) is 0 Å². The summed E-state index contributed by atoms with van der Waals surface area (Å²) >= 11 is 0. The molecular weight excluding hydrogens is 262 g/mol. The Balaban J connectivity index is 2.16. The van der Waals surface area contributed by atoms with Gasteiger partial charge in [-0.2, -0.15) is 0 Å². The monoisotopic (exact) mass is 285 g/mol. The van der Waals surface area contributed by atoms with Crippen LogP contribution in [0, 0.1) is 6.92 Å². The number of para-hydroxylation sites is 1. The molecule has 0 aliphatic rings. The summed E-state index contributed by atoms with van der Waals surface area (Å²) in [6, 6.07) is 14.3. The molecule has 2 rings (SSSR count). The molecule has 0 saturated heterocycles. The zero-order valence-electron chi connectivity index (χ0n) is 13.1.